The van der Waals surface area contributed by atoms with Gasteiger partial charge in [-0.15, -0.1) is 0 Å². The molecule has 0 unspecified atom stereocenters. The molecule has 0 fully saturated rings. The van der Waals surface area contributed by atoms with E-state index in [0.29, 0.717) is 35.6 Å². The number of aromatic nitrogens is 2. The van der Waals surface area contributed by atoms with Crippen LogP contribution in [-0.4, -0.2) is 22.2 Å². The van der Waals surface area contributed by atoms with Gasteiger partial charge in [0.2, 0.25) is 5.95 Å². The van der Waals surface area contributed by atoms with Crippen LogP contribution in [0.2, 0.25) is 0 Å². The largest absolute Gasteiger partial charge is 0.404 e. The van der Waals surface area contributed by atoms with Crippen LogP contribution in [0.4, 0.5) is 5.95 Å². The van der Waals surface area contributed by atoms with Crippen LogP contribution in [0, 0.1) is 0 Å². The summed E-state index contributed by atoms with van der Waals surface area (Å²) in [5, 5.41) is 5.80. The first kappa shape index (κ1) is 24.4. The number of nitrogens with one attached hydrogen (secondary N) is 2. The van der Waals surface area contributed by atoms with Crippen molar-refractivity contribution in [2.24, 2.45) is 5.73 Å². The molecule has 174 valence electrons. The molecule has 0 saturated heterocycles. The Morgan fingerprint density at radius 1 is 1.03 bits per heavy atom. The maximum atomic E-state index is 12.7. The third-order valence-corrected chi connectivity index (χ3v) is 5.13. The minimum Gasteiger partial charge on any atom is -0.404 e. The Morgan fingerprint density at radius 2 is 1.74 bits per heavy atom. The number of anilines is 1. The van der Waals surface area contributed by atoms with E-state index in [-0.39, 0.29) is 17.0 Å². The first-order chi connectivity index (χ1) is 16.3. The Balaban J connectivity index is 1.73. The Kier molecular flexibility index (Phi) is 7.92. The van der Waals surface area contributed by atoms with Crippen molar-refractivity contribution >= 4 is 23.7 Å². The molecule has 1 aromatic heterocycles. The van der Waals surface area contributed by atoms with Crippen LogP contribution in [0.5, 0.6) is 0 Å². The van der Waals surface area contributed by atoms with Crippen molar-refractivity contribution < 1.29 is 9.59 Å². The molecule has 0 spiro atoms. The number of aldehydes is 1. The quantitative estimate of drug-likeness (QED) is 0.267. The Labute approximate surface area is 199 Å². The van der Waals surface area contributed by atoms with Crippen molar-refractivity contribution in [3.63, 3.8) is 0 Å². The van der Waals surface area contributed by atoms with Crippen LogP contribution >= 0.6 is 0 Å². The fourth-order valence-electron chi connectivity index (χ4n) is 3.18. The Morgan fingerprint density at radius 3 is 2.35 bits per heavy atom. The number of allylic oxidation sites excluding steroid dienone is 3. The van der Waals surface area contributed by atoms with E-state index in [1.807, 2.05) is 42.5 Å². The van der Waals surface area contributed by atoms with E-state index >= 15 is 0 Å². The highest BCUT2D eigenvalue weighted by Crippen LogP contribution is 2.22. The van der Waals surface area contributed by atoms with Crippen molar-refractivity contribution in [1.29, 1.82) is 0 Å². The molecule has 0 aliphatic carbocycles. The van der Waals surface area contributed by atoms with Gasteiger partial charge in [-0.3, -0.25) is 9.59 Å². The second-order valence-corrected chi connectivity index (χ2v) is 8.73. The topological polar surface area (TPSA) is 110 Å². The summed E-state index contributed by atoms with van der Waals surface area (Å²) in [6.45, 7) is 6.87. The summed E-state index contributed by atoms with van der Waals surface area (Å²) in [5.41, 5.74) is 9.49. The van der Waals surface area contributed by atoms with Gasteiger partial charge in [0.25, 0.3) is 5.91 Å². The van der Waals surface area contributed by atoms with Gasteiger partial charge in [-0.2, -0.15) is 0 Å². The van der Waals surface area contributed by atoms with E-state index in [2.05, 4.69) is 41.4 Å². The molecule has 1 heterocycles. The third kappa shape index (κ3) is 6.62. The van der Waals surface area contributed by atoms with Gasteiger partial charge in [0.15, 0.2) is 6.29 Å². The molecule has 34 heavy (non-hydrogen) atoms. The fourth-order valence-corrected chi connectivity index (χ4v) is 3.18. The van der Waals surface area contributed by atoms with Crippen LogP contribution in [0.3, 0.4) is 0 Å². The van der Waals surface area contributed by atoms with Gasteiger partial charge in [0.1, 0.15) is 0 Å². The first-order valence-corrected chi connectivity index (χ1v) is 10.9. The van der Waals surface area contributed by atoms with Gasteiger partial charge >= 0.3 is 0 Å². The third-order valence-electron chi connectivity index (χ3n) is 5.13. The molecule has 0 saturated carbocycles. The molecule has 7 heteroatoms. The number of carbonyl (C=O) groups excluding carboxylic acids is 2. The molecular weight excluding hydrogens is 426 g/mol. The van der Waals surface area contributed by atoms with E-state index in [9.17, 15) is 9.59 Å². The van der Waals surface area contributed by atoms with Gasteiger partial charge < -0.3 is 16.4 Å². The molecule has 3 rings (SSSR count). The van der Waals surface area contributed by atoms with Crippen LogP contribution in [-0.2, 0) is 16.8 Å². The zero-order valence-corrected chi connectivity index (χ0v) is 19.6. The predicted octanol–water partition coefficient (Wildman–Crippen LogP) is 4.20. The number of nitrogens with two attached hydrogens (primary N) is 1. The lowest BCUT2D eigenvalue weighted by Crippen LogP contribution is -2.24. The highest BCUT2D eigenvalue weighted by atomic mass is 16.2. The maximum absolute atomic E-state index is 12.7. The summed E-state index contributed by atoms with van der Waals surface area (Å²) in [7, 11) is 0. The Hall–Kier alpha value is -4.26. The summed E-state index contributed by atoms with van der Waals surface area (Å²) in [6, 6.07) is 18.9. The highest BCUT2D eigenvalue weighted by Gasteiger charge is 2.15. The number of amides is 1. The van der Waals surface area contributed by atoms with Crippen LogP contribution in [0.15, 0.2) is 84.8 Å². The lowest BCUT2D eigenvalue weighted by atomic mass is 9.87. The molecule has 2 aromatic carbocycles. The molecular formula is C27H29N5O2. The van der Waals surface area contributed by atoms with Crippen LogP contribution < -0.4 is 16.4 Å². The van der Waals surface area contributed by atoms with Crippen LogP contribution in [0.1, 0.15) is 48.0 Å². The van der Waals surface area contributed by atoms with Gasteiger partial charge in [0.05, 0.1) is 11.4 Å². The number of carbonyl (C=O) groups is 2. The van der Waals surface area contributed by atoms with Gasteiger partial charge in [0, 0.05) is 30.1 Å². The monoisotopic (exact) mass is 455 g/mol. The number of nitrogens with zero attached hydrogens (tertiary/aromatic N) is 2. The molecule has 3 aromatic rings. The number of benzene rings is 2. The zero-order chi connectivity index (χ0) is 24.6. The van der Waals surface area contributed by atoms with E-state index in [1.54, 1.807) is 24.4 Å². The molecule has 7 nitrogen and oxygen atoms in total. The molecule has 1 amide bonds. The minimum absolute atomic E-state index is 0.0178. The second kappa shape index (κ2) is 11.0. The number of rotatable bonds is 8. The predicted molar refractivity (Wildman–Crippen MR) is 135 cm³/mol. The summed E-state index contributed by atoms with van der Waals surface area (Å²) >= 11 is 0. The average Bonchev–Trinajstić information content (AvgIpc) is 2.85. The van der Waals surface area contributed by atoms with Crippen molar-refractivity contribution in [2.45, 2.75) is 32.7 Å². The minimum atomic E-state index is -0.386. The van der Waals surface area contributed by atoms with Crippen molar-refractivity contribution in [1.82, 2.24) is 15.3 Å². The smallest absolute Gasteiger partial charge is 0.255 e. The lowest BCUT2D eigenvalue weighted by molar-refractivity contribution is -0.105. The van der Waals surface area contributed by atoms with E-state index in [4.69, 9.17) is 5.73 Å². The van der Waals surface area contributed by atoms with Crippen molar-refractivity contribution in [2.75, 3.05) is 5.32 Å². The zero-order valence-electron chi connectivity index (χ0n) is 19.6. The van der Waals surface area contributed by atoms with Crippen molar-refractivity contribution in [3.05, 3.63) is 107 Å². The summed E-state index contributed by atoms with van der Waals surface area (Å²) < 4.78 is 0. The second-order valence-electron chi connectivity index (χ2n) is 8.73. The van der Waals surface area contributed by atoms with E-state index in [1.165, 1.54) is 12.3 Å². The van der Waals surface area contributed by atoms with Gasteiger partial charge in [-0.25, -0.2) is 9.97 Å². The summed E-state index contributed by atoms with van der Waals surface area (Å²) in [4.78, 5) is 33.0. The maximum Gasteiger partial charge on any atom is 0.255 e. The van der Waals surface area contributed by atoms with Crippen LogP contribution in [0.25, 0.3) is 5.57 Å². The van der Waals surface area contributed by atoms with Gasteiger partial charge in [-0.1, -0.05) is 63.2 Å². The highest BCUT2D eigenvalue weighted by molar-refractivity contribution is 5.99. The van der Waals surface area contributed by atoms with Crippen molar-refractivity contribution in [3.8, 4) is 0 Å². The Bertz CT molecular complexity index is 1190. The molecule has 0 radical (unpaired) electrons. The lowest BCUT2D eigenvalue weighted by Gasteiger charge is -2.19. The standard InChI is InChI=1S/C27H29N5O2/c1-27(2,3)22-11-9-20(10-12-22)25(34)31-23(18-33)15-21(16-28)24-13-14-29-26(32-24)30-17-19-7-5-4-6-8-19/h4-16,18H,17,28H2,1-3H3,(H,31,34)(H,29,30,32)/b21-16+,23-15+. The number of hydrogen-bond acceptors (Lipinski definition) is 6. The molecule has 0 bridgehead atoms. The molecule has 0 aliphatic heterocycles. The van der Waals surface area contributed by atoms with Gasteiger partial charge in [-0.05, 0) is 40.8 Å². The first-order valence-electron chi connectivity index (χ1n) is 10.9. The van der Waals surface area contributed by atoms with E-state index < -0.39 is 0 Å². The molecule has 0 atom stereocenters. The summed E-state index contributed by atoms with van der Waals surface area (Å²) in [6.07, 6.45) is 4.98. The van der Waals surface area contributed by atoms with E-state index in [0.717, 1.165) is 11.1 Å². The normalized spacial score (nSPS) is 12.2. The molecule has 4 N–H and O–H groups in total. The average molecular weight is 456 g/mol. The number of hydrogen-bond donors (Lipinski definition) is 3. The molecule has 0 aliphatic rings. The summed E-state index contributed by atoms with van der Waals surface area (Å²) in [5.74, 6) is 0.0350. The fraction of sp³-hybridized carbons (Fsp3) is 0.185. The SMILES string of the molecule is CC(C)(C)c1ccc(C(=O)N/C(C=O)=C/C(=C\N)c2ccnc(NCc3ccccc3)n2)cc1.